The molecule has 0 amide bonds. The Morgan fingerprint density at radius 3 is 2.54 bits per heavy atom. The van der Waals surface area contributed by atoms with Crippen molar-refractivity contribution in [2.45, 2.75) is 26.7 Å². The Balaban J connectivity index is 2.20. The zero-order valence-corrected chi connectivity index (χ0v) is 16.4. The molecule has 0 saturated heterocycles. The van der Waals surface area contributed by atoms with Gasteiger partial charge in [0.15, 0.2) is 5.82 Å². The standard InChI is InChI=1S/C21H24N4O3/c1-6-24(5)17-8-7-14(9-13(17)4)25-20(22-23-21(25)28)16-10-15(12(2)3)18(26)11-19(16)27/h6-12,26-27H,1H2,2-5H3,(H,23,28). The second-order valence-corrected chi connectivity index (χ2v) is 7.03. The molecule has 0 bridgehead atoms. The van der Waals surface area contributed by atoms with Gasteiger partial charge in [-0.1, -0.05) is 20.4 Å². The number of aromatic nitrogens is 3. The Morgan fingerprint density at radius 1 is 1.21 bits per heavy atom. The van der Waals surface area contributed by atoms with Crippen LogP contribution in [0.3, 0.4) is 0 Å². The van der Waals surface area contributed by atoms with Gasteiger partial charge >= 0.3 is 5.69 Å². The second-order valence-electron chi connectivity index (χ2n) is 7.03. The van der Waals surface area contributed by atoms with Crippen molar-refractivity contribution < 1.29 is 10.2 Å². The maximum absolute atomic E-state index is 12.5. The summed E-state index contributed by atoms with van der Waals surface area (Å²) in [4.78, 5) is 14.4. The number of hydrogen-bond donors (Lipinski definition) is 3. The van der Waals surface area contributed by atoms with E-state index >= 15 is 0 Å². The molecular weight excluding hydrogens is 356 g/mol. The minimum absolute atomic E-state index is 0.00772. The van der Waals surface area contributed by atoms with Gasteiger partial charge in [0.25, 0.3) is 0 Å². The fraction of sp³-hybridized carbons (Fsp3) is 0.238. The van der Waals surface area contributed by atoms with Crippen LogP contribution in [-0.2, 0) is 0 Å². The number of aromatic hydroxyl groups is 2. The van der Waals surface area contributed by atoms with Gasteiger partial charge in [-0.15, -0.1) is 0 Å². The molecule has 0 saturated carbocycles. The normalized spacial score (nSPS) is 11.0. The third-order valence-corrected chi connectivity index (χ3v) is 4.77. The lowest BCUT2D eigenvalue weighted by molar-refractivity contribution is 0.444. The third kappa shape index (κ3) is 3.26. The van der Waals surface area contributed by atoms with Gasteiger partial charge in [0, 0.05) is 18.8 Å². The van der Waals surface area contributed by atoms with Gasteiger partial charge in [0.05, 0.1) is 11.3 Å². The number of rotatable bonds is 5. The molecule has 0 atom stereocenters. The maximum Gasteiger partial charge on any atom is 0.348 e. The summed E-state index contributed by atoms with van der Waals surface area (Å²) in [5, 5.41) is 27.0. The molecule has 146 valence electrons. The highest BCUT2D eigenvalue weighted by Crippen LogP contribution is 2.37. The highest BCUT2D eigenvalue weighted by atomic mass is 16.3. The first-order chi connectivity index (χ1) is 13.2. The van der Waals surface area contributed by atoms with E-state index in [0.717, 1.165) is 11.3 Å². The van der Waals surface area contributed by atoms with E-state index in [4.69, 9.17) is 0 Å². The number of aromatic amines is 1. The van der Waals surface area contributed by atoms with Crippen LogP contribution in [0.25, 0.3) is 17.1 Å². The number of phenolic OH excluding ortho intramolecular Hbond substituents is 2. The maximum atomic E-state index is 12.5. The molecule has 0 spiro atoms. The van der Waals surface area contributed by atoms with E-state index in [1.807, 2.05) is 50.9 Å². The molecule has 7 heteroatoms. The molecule has 0 aliphatic carbocycles. The van der Waals surface area contributed by atoms with Crippen LogP contribution in [0, 0.1) is 6.92 Å². The van der Waals surface area contributed by atoms with E-state index < -0.39 is 5.69 Å². The van der Waals surface area contributed by atoms with Crippen LogP contribution >= 0.6 is 0 Å². The van der Waals surface area contributed by atoms with Crippen LogP contribution in [0.4, 0.5) is 5.69 Å². The van der Waals surface area contributed by atoms with E-state index in [0.29, 0.717) is 16.8 Å². The summed E-state index contributed by atoms with van der Waals surface area (Å²) >= 11 is 0. The third-order valence-electron chi connectivity index (χ3n) is 4.77. The SMILES string of the molecule is C=CN(C)c1ccc(-n2c(-c3cc(C(C)C)c(O)cc3O)n[nH]c2=O)cc1C. The van der Waals surface area contributed by atoms with Crippen LogP contribution in [0.5, 0.6) is 11.5 Å². The molecule has 0 unspecified atom stereocenters. The first-order valence-corrected chi connectivity index (χ1v) is 8.94. The molecule has 3 rings (SSSR count). The predicted octanol–water partition coefficient (Wildman–Crippen LogP) is 3.65. The van der Waals surface area contributed by atoms with Crippen molar-refractivity contribution in [1.82, 2.24) is 14.8 Å². The number of aryl methyl sites for hydroxylation is 1. The summed E-state index contributed by atoms with van der Waals surface area (Å²) in [6.45, 7) is 9.58. The Bertz CT molecular complexity index is 1100. The molecule has 3 aromatic rings. The molecule has 2 aromatic carbocycles. The highest BCUT2D eigenvalue weighted by Gasteiger charge is 2.20. The van der Waals surface area contributed by atoms with Crippen molar-refractivity contribution in [1.29, 1.82) is 0 Å². The van der Waals surface area contributed by atoms with Gasteiger partial charge in [-0.3, -0.25) is 0 Å². The van der Waals surface area contributed by atoms with Gasteiger partial charge in [-0.25, -0.2) is 14.5 Å². The van der Waals surface area contributed by atoms with Crippen LogP contribution < -0.4 is 10.6 Å². The topological polar surface area (TPSA) is 94.4 Å². The number of nitrogens with zero attached hydrogens (tertiary/aromatic N) is 3. The molecule has 0 fully saturated rings. The quantitative estimate of drug-likeness (QED) is 0.628. The molecule has 1 heterocycles. The lowest BCUT2D eigenvalue weighted by Crippen LogP contribution is -2.16. The van der Waals surface area contributed by atoms with E-state index in [2.05, 4.69) is 16.8 Å². The van der Waals surface area contributed by atoms with Gasteiger partial charge in [0.2, 0.25) is 0 Å². The molecule has 7 nitrogen and oxygen atoms in total. The molecule has 28 heavy (non-hydrogen) atoms. The smallest absolute Gasteiger partial charge is 0.348 e. The van der Waals surface area contributed by atoms with Crippen molar-refractivity contribution in [2.24, 2.45) is 0 Å². The molecule has 0 radical (unpaired) electrons. The lowest BCUT2D eigenvalue weighted by atomic mass is 9.98. The summed E-state index contributed by atoms with van der Waals surface area (Å²) in [7, 11) is 1.90. The van der Waals surface area contributed by atoms with Gasteiger partial charge in [-0.05, 0) is 54.4 Å². The summed E-state index contributed by atoms with van der Waals surface area (Å²) in [6.07, 6.45) is 1.71. The average molecular weight is 380 g/mol. The van der Waals surface area contributed by atoms with E-state index in [1.165, 1.54) is 10.6 Å². The minimum Gasteiger partial charge on any atom is -0.508 e. The number of hydrogen-bond acceptors (Lipinski definition) is 5. The van der Waals surface area contributed by atoms with Crippen molar-refractivity contribution in [3.63, 3.8) is 0 Å². The van der Waals surface area contributed by atoms with E-state index in [1.54, 1.807) is 12.3 Å². The van der Waals surface area contributed by atoms with Crippen LogP contribution in [0.1, 0.15) is 30.9 Å². The number of phenols is 2. The van der Waals surface area contributed by atoms with Crippen LogP contribution in [0.15, 0.2) is 47.9 Å². The summed E-state index contributed by atoms with van der Waals surface area (Å²) in [5.74, 6) is 0.165. The Kier molecular flexibility index (Phi) is 5.00. The number of benzene rings is 2. The van der Waals surface area contributed by atoms with Crippen molar-refractivity contribution in [3.8, 4) is 28.6 Å². The van der Waals surface area contributed by atoms with Gasteiger partial charge in [0.1, 0.15) is 11.5 Å². The minimum atomic E-state index is -0.419. The predicted molar refractivity (Wildman–Crippen MR) is 110 cm³/mol. The van der Waals surface area contributed by atoms with Crippen molar-refractivity contribution >= 4 is 5.69 Å². The zero-order chi connectivity index (χ0) is 20.6. The summed E-state index contributed by atoms with van der Waals surface area (Å²) in [6, 6.07) is 8.52. The Hall–Kier alpha value is -3.48. The number of anilines is 1. The molecule has 1 aromatic heterocycles. The average Bonchev–Trinajstić information content (AvgIpc) is 3.02. The fourth-order valence-electron chi connectivity index (χ4n) is 3.23. The van der Waals surface area contributed by atoms with E-state index in [-0.39, 0.29) is 23.2 Å². The summed E-state index contributed by atoms with van der Waals surface area (Å²) in [5.41, 5.74) is 3.14. The molecule has 0 aliphatic heterocycles. The van der Waals surface area contributed by atoms with Crippen LogP contribution in [-0.4, -0.2) is 32.0 Å². The second kappa shape index (κ2) is 7.26. The largest absolute Gasteiger partial charge is 0.508 e. The molecule has 0 aliphatic rings. The monoisotopic (exact) mass is 380 g/mol. The molecule has 3 N–H and O–H groups in total. The van der Waals surface area contributed by atoms with Crippen molar-refractivity contribution in [2.75, 3.05) is 11.9 Å². The summed E-state index contributed by atoms with van der Waals surface area (Å²) < 4.78 is 1.40. The number of nitrogens with one attached hydrogen (secondary N) is 1. The first kappa shape index (κ1) is 19.3. The number of H-pyrrole nitrogens is 1. The van der Waals surface area contributed by atoms with Crippen molar-refractivity contribution in [3.05, 3.63) is 64.7 Å². The highest BCUT2D eigenvalue weighted by molar-refractivity contribution is 5.69. The van der Waals surface area contributed by atoms with E-state index in [9.17, 15) is 15.0 Å². The molecular formula is C21H24N4O3. The van der Waals surface area contributed by atoms with Gasteiger partial charge in [-0.2, -0.15) is 5.10 Å². The van der Waals surface area contributed by atoms with Gasteiger partial charge < -0.3 is 15.1 Å². The fourth-order valence-corrected chi connectivity index (χ4v) is 3.23. The Morgan fingerprint density at radius 2 is 1.93 bits per heavy atom. The lowest BCUT2D eigenvalue weighted by Gasteiger charge is -2.18. The van der Waals surface area contributed by atoms with Crippen LogP contribution in [0.2, 0.25) is 0 Å². The first-order valence-electron chi connectivity index (χ1n) is 8.94. The zero-order valence-electron chi connectivity index (χ0n) is 16.4. The Labute approximate surface area is 163 Å².